The quantitative estimate of drug-likeness (QED) is 0.463. The minimum absolute atomic E-state index is 0.0404. The van der Waals surface area contributed by atoms with Crippen molar-refractivity contribution in [1.29, 1.82) is 0 Å². The van der Waals surface area contributed by atoms with Gasteiger partial charge in [-0.05, 0) is 60.7 Å². The Morgan fingerprint density at radius 2 is 1.46 bits per heavy atom. The fourth-order valence-corrected chi connectivity index (χ4v) is 3.02. The van der Waals surface area contributed by atoms with Crippen LogP contribution in [-0.4, -0.2) is 36.0 Å². The molecule has 5 nitrogen and oxygen atoms in total. The summed E-state index contributed by atoms with van der Waals surface area (Å²) in [5.41, 5.74) is 2.39. The van der Waals surface area contributed by atoms with Gasteiger partial charge in [-0.3, -0.25) is 4.79 Å². The Balaban J connectivity index is 1.60. The molecule has 0 fully saturated rings. The van der Waals surface area contributed by atoms with Crippen LogP contribution in [-0.2, 0) is 0 Å². The van der Waals surface area contributed by atoms with Crippen molar-refractivity contribution in [3.8, 4) is 22.8 Å². The van der Waals surface area contributed by atoms with Crippen molar-refractivity contribution in [2.45, 2.75) is 5.03 Å². The van der Waals surface area contributed by atoms with Gasteiger partial charge in [0.2, 0.25) is 0 Å². The Kier molecular flexibility index (Phi) is 5.86. The minimum atomic E-state index is 0.0404. The Hall–Kier alpha value is -2.86. The molecular formula is C20H18N2O3S. The van der Waals surface area contributed by atoms with Gasteiger partial charge < -0.3 is 9.47 Å². The van der Waals surface area contributed by atoms with Crippen LogP contribution in [0.2, 0.25) is 0 Å². The molecule has 132 valence electrons. The third-order valence-corrected chi connectivity index (χ3v) is 4.71. The van der Waals surface area contributed by atoms with Gasteiger partial charge in [0, 0.05) is 11.1 Å². The molecule has 1 aromatic heterocycles. The summed E-state index contributed by atoms with van der Waals surface area (Å²) in [5.74, 6) is 1.88. The van der Waals surface area contributed by atoms with E-state index in [-0.39, 0.29) is 5.78 Å². The molecule has 0 atom stereocenters. The van der Waals surface area contributed by atoms with Crippen molar-refractivity contribution in [2.75, 3.05) is 20.0 Å². The highest BCUT2D eigenvalue weighted by atomic mass is 32.2. The number of hydrogen-bond donors (Lipinski definition) is 0. The van der Waals surface area contributed by atoms with Crippen LogP contribution in [0.5, 0.6) is 11.5 Å². The van der Waals surface area contributed by atoms with Crippen molar-refractivity contribution in [3.63, 3.8) is 0 Å². The van der Waals surface area contributed by atoms with E-state index >= 15 is 0 Å². The van der Waals surface area contributed by atoms with Crippen LogP contribution in [0.15, 0.2) is 65.7 Å². The van der Waals surface area contributed by atoms with Crippen molar-refractivity contribution >= 4 is 17.5 Å². The number of nitrogens with zero attached hydrogens (tertiary/aromatic N) is 2. The van der Waals surface area contributed by atoms with Gasteiger partial charge in [-0.25, -0.2) is 0 Å². The zero-order chi connectivity index (χ0) is 18.4. The molecular weight excluding hydrogens is 348 g/mol. The first-order valence-electron chi connectivity index (χ1n) is 7.98. The van der Waals surface area contributed by atoms with Crippen LogP contribution in [0, 0.1) is 0 Å². The van der Waals surface area contributed by atoms with E-state index in [0.717, 1.165) is 22.8 Å². The lowest BCUT2D eigenvalue weighted by atomic mass is 10.1. The predicted molar refractivity (Wildman–Crippen MR) is 102 cm³/mol. The summed E-state index contributed by atoms with van der Waals surface area (Å²) in [6.45, 7) is 0. The fraction of sp³-hybridized carbons (Fsp3) is 0.150. The summed E-state index contributed by atoms with van der Waals surface area (Å²) in [5, 5.41) is 9.15. The average molecular weight is 366 g/mol. The molecule has 6 heteroatoms. The van der Waals surface area contributed by atoms with Crippen LogP contribution in [0.25, 0.3) is 11.3 Å². The standard InChI is InChI=1S/C20H18N2O3S/c1-24-16-7-3-14(4-8-16)18-11-12-20(22-21-18)26-13-19(23)15-5-9-17(25-2)10-6-15/h3-12H,13H2,1-2H3. The van der Waals surface area contributed by atoms with Gasteiger partial charge in [0.15, 0.2) is 5.78 Å². The highest BCUT2D eigenvalue weighted by molar-refractivity contribution is 7.99. The zero-order valence-corrected chi connectivity index (χ0v) is 15.3. The lowest BCUT2D eigenvalue weighted by Gasteiger charge is -2.04. The SMILES string of the molecule is COc1ccc(C(=O)CSc2ccc(-c3ccc(OC)cc3)nn2)cc1. The number of thioether (sulfide) groups is 1. The molecule has 0 amide bonds. The number of hydrogen-bond acceptors (Lipinski definition) is 6. The van der Waals surface area contributed by atoms with Crippen LogP contribution in [0.1, 0.15) is 10.4 Å². The lowest BCUT2D eigenvalue weighted by Crippen LogP contribution is -2.02. The van der Waals surface area contributed by atoms with Crippen molar-refractivity contribution in [1.82, 2.24) is 10.2 Å². The Bertz CT molecular complexity index is 863. The second-order valence-corrected chi connectivity index (χ2v) is 6.42. The Morgan fingerprint density at radius 3 is 2.00 bits per heavy atom. The van der Waals surface area contributed by atoms with Crippen molar-refractivity contribution in [2.24, 2.45) is 0 Å². The number of benzene rings is 2. The van der Waals surface area contributed by atoms with Gasteiger partial charge in [-0.2, -0.15) is 0 Å². The van der Waals surface area contributed by atoms with Gasteiger partial charge >= 0.3 is 0 Å². The van der Waals surface area contributed by atoms with E-state index in [2.05, 4.69) is 10.2 Å². The van der Waals surface area contributed by atoms with E-state index in [4.69, 9.17) is 9.47 Å². The van der Waals surface area contributed by atoms with Gasteiger partial charge in [-0.1, -0.05) is 11.8 Å². The first-order valence-corrected chi connectivity index (χ1v) is 8.96. The summed E-state index contributed by atoms with van der Waals surface area (Å²) in [7, 11) is 3.23. The number of methoxy groups -OCH3 is 2. The van der Waals surface area contributed by atoms with Gasteiger partial charge in [0.25, 0.3) is 0 Å². The second-order valence-electron chi connectivity index (χ2n) is 5.43. The average Bonchev–Trinajstić information content (AvgIpc) is 2.72. The number of carbonyl (C=O) groups excluding carboxylic acids is 1. The second kappa shape index (κ2) is 8.49. The topological polar surface area (TPSA) is 61.3 Å². The maximum atomic E-state index is 12.2. The maximum absolute atomic E-state index is 12.2. The third-order valence-electron chi connectivity index (χ3n) is 3.79. The number of Topliss-reactive ketones (excluding diaryl/α,β-unsaturated/α-hetero) is 1. The molecule has 0 bridgehead atoms. The number of ketones is 1. The molecule has 1 heterocycles. The number of carbonyl (C=O) groups is 1. The largest absolute Gasteiger partial charge is 0.497 e. The van der Waals surface area contributed by atoms with Gasteiger partial charge in [-0.15, -0.1) is 10.2 Å². The van der Waals surface area contributed by atoms with E-state index < -0.39 is 0 Å². The summed E-state index contributed by atoms with van der Waals surface area (Å²) in [6.07, 6.45) is 0. The van der Waals surface area contributed by atoms with E-state index in [1.165, 1.54) is 11.8 Å². The minimum Gasteiger partial charge on any atom is -0.497 e. The van der Waals surface area contributed by atoms with E-state index in [1.807, 2.05) is 36.4 Å². The smallest absolute Gasteiger partial charge is 0.173 e. The number of ether oxygens (including phenoxy) is 2. The predicted octanol–water partition coefficient (Wildman–Crippen LogP) is 4.14. The first-order chi connectivity index (χ1) is 12.7. The summed E-state index contributed by atoms with van der Waals surface area (Å²) in [4.78, 5) is 12.2. The molecule has 26 heavy (non-hydrogen) atoms. The first kappa shape index (κ1) is 17.9. The molecule has 0 N–H and O–H groups in total. The Morgan fingerprint density at radius 1 is 0.846 bits per heavy atom. The highest BCUT2D eigenvalue weighted by Crippen LogP contribution is 2.23. The van der Waals surface area contributed by atoms with E-state index in [1.54, 1.807) is 38.5 Å². The summed E-state index contributed by atoms with van der Waals surface area (Å²) in [6, 6.07) is 18.5. The van der Waals surface area contributed by atoms with Crippen LogP contribution >= 0.6 is 11.8 Å². The van der Waals surface area contributed by atoms with E-state index in [9.17, 15) is 4.79 Å². The Labute approximate surface area is 156 Å². The molecule has 2 aromatic carbocycles. The van der Waals surface area contributed by atoms with Gasteiger partial charge in [0.1, 0.15) is 16.5 Å². The molecule has 0 saturated heterocycles. The van der Waals surface area contributed by atoms with Gasteiger partial charge in [0.05, 0.1) is 25.7 Å². The molecule has 0 saturated carbocycles. The van der Waals surface area contributed by atoms with Crippen LogP contribution < -0.4 is 9.47 Å². The molecule has 3 rings (SSSR count). The molecule has 0 radical (unpaired) electrons. The van der Waals surface area contributed by atoms with Crippen LogP contribution in [0.3, 0.4) is 0 Å². The third kappa shape index (κ3) is 4.40. The molecule has 3 aromatic rings. The number of aromatic nitrogens is 2. The van der Waals surface area contributed by atoms with Crippen molar-refractivity contribution < 1.29 is 14.3 Å². The molecule has 0 unspecified atom stereocenters. The monoisotopic (exact) mass is 366 g/mol. The highest BCUT2D eigenvalue weighted by Gasteiger charge is 2.08. The maximum Gasteiger partial charge on any atom is 0.173 e. The fourth-order valence-electron chi connectivity index (χ4n) is 2.31. The molecule has 0 aliphatic rings. The van der Waals surface area contributed by atoms with Crippen LogP contribution in [0.4, 0.5) is 0 Å². The summed E-state index contributed by atoms with van der Waals surface area (Å²) < 4.78 is 10.2. The zero-order valence-electron chi connectivity index (χ0n) is 14.5. The lowest BCUT2D eigenvalue weighted by molar-refractivity contribution is 0.102. The molecule has 0 aliphatic heterocycles. The van der Waals surface area contributed by atoms with Crippen molar-refractivity contribution in [3.05, 3.63) is 66.2 Å². The van der Waals surface area contributed by atoms with E-state index in [0.29, 0.717) is 16.3 Å². The molecule has 0 aliphatic carbocycles. The summed E-state index contributed by atoms with van der Waals surface area (Å²) >= 11 is 1.37. The normalized spacial score (nSPS) is 10.4. The number of rotatable bonds is 7. The molecule has 0 spiro atoms.